The number of carbonyl (C=O) groups excluding carboxylic acids is 2. The molecule has 16 heavy (non-hydrogen) atoms. The molecule has 0 radical (unpaired) electrons. The number of rotatable bonds is 4. The molecule has 0 spiro atoms. The van der Waals surface area contributed by atoms with E-state index in [0.717, 1.165) is 0 Å². The third-order valence-electron chi connectivity index (χ3n) is 2.72. The molecule has 0 aromatic carbocycles. The molecule has 1 aliphatic rings. The van der Waals surface area contributed by atoms with Gasteiger partial charge in [0.15, 0.2) is 0 Å². The van der Waals surface area contributed by atoms with Crippen LogP contribution in [0.2, 0.25) is 0 Å². The van der Waals surface area contributed by atoms with Gasteiger partial charge in [-0.15, -0.1) is 0 Å². The summed E-state index contributed by atoms with van der Waals surface area (Å²) in [7, 11) is 0. The zero-order valence-electron chi connectivity index (χ0n) is 9.64. The van der Waals surface area contributed by atoms with Crippen LogP contribution in [0.3, 0.4) is 0 Å². The fourth-order valence-corrected chi connectivity index (χ4v) is 2.03. The molecule has 1 N–H and O–H groups in total. The summed E-state index contributed by atoms with van der Waals surface area (Å²) in [5, 5.41) is 9.49. The van der Waals surface area contributed by atoms with Crippen LogP contribution in [0.5, 0.6) is 0 Å². The molecule has 0 saturated heterocycles. The molecule has 5 heteroatoms. The molecule has 1 rings (SSSR count). The van der Waals surface area contributed by atoms with Gasteiger partial charge in [0.1, 0.15) is 0 Å². The Labute approximate surface area is 94.7 Å². The summed E-state index contributed by atoms with van der Waals surface area (Å²) in [6.45, 7) is 3.98. The Morgan fingerprint density at radius 1 is 1.06 bits per heavy atom. The van der Waals surface area contributed by atoms with Crippen molar-refractivity contribution < 1.29 is 24.2 Å². The highest BCUT2D eigenvalue weighted by Gasteiger charge is 2.43. The molecular formula is C11H18O5. The first kappa shape index (κ1) is 13.0. The van der Waals surface area contributed by atoms with Crippen LogP contribution < -0.4 is 0 Å². The third kappa shape index (κ3) is 2.95. The normalized spacial score (nSPS) is 28.8. The molecule has 1 fully saturated rings. The van der Waals surface area contributed by atoms with Crippen molar-refractivity contribution in [1.29, 1.82) is 0 Å². The minimum absolute atomic E-state index is 0.279. The Balaban J connectivity index is 2.66. The highest BCUT2D eigenvalue weighted by atomic mass is 16.5. The molecule has 2 atom stereocenters. The Hall–Kier alpha value is -1.10. The van der Waals surface area contributed by atoms with E-state index in [-0.39, 0.29) is 26.1 Å². The van der Waals surface area contributed by atoms with Crippen LogP contribution in [0.4, 0.5) is 0 Å². The van der Waals surface area contributed by atoms with Gasteiger partial charge in [0.2, 0.25) is 0 Å². The second-order valence-corrected chi connectivity index (χ2v) is 3.84. The van der Waals surface area contributed by atoms with Gasteiger partial charge in [-0.3, -0.25) is 9.59 Å². The third-order valence-corrected chi connectivity index (χ3v) is 2.72. The number of aliphatic hydroxyl groups excluding tert-OH is 1. The molecule has 92 valence electrons. The van der Waals surface area contributed by atoms with Gasteiger partial charge in [0.25, 0.3) is 0 Å². The summed E-state index contributed by atoms with van der Waals surface area (Å²) in [4.78, 5) is 23.1. The fourth-order valence-electron chi connectivity index (χ4n) is 2.03. The second-order valence-electron chi connectivity index (χ2n) is 3.84. The van der Waals surface area contributed by atoms with Gasteiger partial charge >= 0.3 is 11.9 Å². The second kappa shape index (κ2) is 5.84. The number of hydrogen-bond donors (Lipinski definition) is 1. The molecule has 1 saturated carbocycles. The van der Waals surface area contributed by atoms with Gasteiger partial charge in [0.05, 0.1) is 31.2 Å². The highest BCUT2D eigenvalue weighted by Crippen LogP contribution is 2.34. The van der Waals surface area contributed by atoms with E-state index >= 15 is 0 Å². The van der Waals surface area contributed by atoms with E-state index in [0.29, 0.717) is 0 Å². The molecule has 2 unspecified atom stereocenters. The lowest BCUT2D eigenvalue weighted by molar-refractivity contribution is -0.158. The van der Waals surface area contributed by atoms with E-state index in [9.17, 15) is 14.7 Å². The first-order valence-corrected chi connectivity index (χ1v) is 5.61. The quantitative estimate of drug-likeness (QED) is 0.712. The first-order valence-electron chi connectivity index (χ1n) is 5.61. The maximum atomic E-state index is 11.6. The minimum Gasteiger partial charge on any atom is -0.466 e. The average molecular weight is 230 g/mol. The van der Waals surface area contributed by atoms with Crippen molar-refractivity contribution in [2.45, 2.75) is 32.8 Å². The first-order chi connectivity index (χ1) is 7.60. The summed E-state index contributed by atoms with van der Waals surface area (Å²) in [6, 6.07) is 0. The molecule has 0 aromatic rings. The molecule has 0 aromatic heterocycles. The molecule has 0 heterocycles. The van der Waals surface area contributed by atoms with Gasteiger partial charge < -0.3 is 14.6 Å². The van der Waals surface area contributed by atoms with E-state index in [1.165, 1.54) is 0 Å². The van der Waals surface area contributed by atoms with E-state index in [1.54, 1.807) is 13.8 Å². The number of carbonyl (C=O) groups is 2. The lowest BCUT2D eigenvalue weighted by Gasteiger charge is -2.15. The van der Waals surface area contributed by atoms with Crippen molar-refractivity contribution in [2.75, 3.05) is 13.2 Å². The molecule has 5 nitrogen and oxygen atoms in total. The smallest absolute Gasteiger partial charge is 0.309 e. The van der Waals surface area contributed by atoms with Crippen LogP contribution in [0.1, 0.15) is 26.7 Å². The lowest BCUT2D eigenvalue weighted by atomic mass is 9.96. The average Bonchev–Trinajstić information content (AvgIpc) is 2.61. The molecule has 0 bridgehead atoms. The van der Waals surface area contributed by atoms with Gasteiger partial charge in [-0.2, -0.15) is 0 Å². The fraction of sp³-hybridized carbons (Fsp3) is 0.818. The summed E-state index contributed by atoms with van der Waals surface area (Å²) in [5.74, 6) is -1.96. The highest BCUT2D eigenvalue weighted by molar-refractivity contribution is 5.82. The zero-order chi connectivity index (χ0) is 12.1. The van der Waals surface area contributed by atoms with Crippen LogP contribution in [0.15, 0.2) is 0 Å². The van der Waals surface area contributed by atoms with Gasteiger partial charge in [-0.25, -0.2) is 0 Å². The molecule has 0 aliphatic heterocycles. The predicted molar refractivity (Wildman–Crippen MR) is 55.5 cm³/mol. The molecule has 0 amide bonds. The number of aliphatic hydroxyl groups is 1. The lowest BCUT2D eigenvalue weighted by Crippen LogP contribution is -2.28. The maximum absolute atomic E-state index is 11.6. The van der Waals surface area contributed by atoms with Crippen molar-refractivity contribution in [3.8, 4) is 0 Å². The maximum Gasteiger partial charge on any atom is 0.309 e. The minimum atomic E-state index is -0.621. The van der Waals surface area contributed by atoms with Crippen molar-refractivity contribution in [2.24, 2.45) is 11.8 Å². The van der Waals surface area contributed by atoms with Crippen molar-refractivity contribution >= 4 is 11.9 Å². The summed E-state index contributed by atoms with van der Waals surface area (Å²) >= 11 is 0. The summed E-state index contributed by atoms with van der Waals surface area (Å²) in [5.41, 5.74) is 0. The van der Waals surface area contributed by atoms with Crippen LogP contribution in [0, 0.1) is 11.8 Å². The topological polar surface area (TPSA) is 72.8 Å². The van der Waals surface area contributed by atoms with Gasteiger partial charge in [-0.05, 0) is 26.7 Å². The summed E-state index contributed by atoms with van der Waals surface area (Å²) < 4.78 is 9.75. The van der Waals surface area contributed by atoms with Crippen LogP contribution in [-0.4, -0.2) is 36.4 Å². The Morgan fingerprint density at radius 3 is 1.75 bits per heavy atom. The Morgan fingerprint density at radius 2 is 1.44 bits per heavy atom. The Bertz CT molecular complexity index is 237. The number of ether oxygens (including phenoxy) is 2. The van der Waals surface area contributed by atoms with E-state index in [4.69, 9.17) is 9.47 Å². The van der Waals surface area contributed by atoms with Crippen molar-refractivity contribution in [1.82, 2.24) is 0 Å². The van der Waals surface area contributed by atoms with Crippen LogP contribution in [0.25, 0.3) is 0 Å². The predicted octanol–water partition coefficient (Wildman–Crippen LogP) is 0.500. The Kier molecular flexibility index (Phi) is 4.73. The SMILES string of the molecule is CCOC(=O)C1CC(O)CC1C(=O)OCC. The van der Waals surface area contributed by atoms with Gasteiger partial charge in [-0.1, -0.05) is 0 Å². The van der Waals surface area contributed by atoms with Crippen LogP contribution in [-0.2, 0) is 19.1 Å². The largest absolute Gasteiger partial charge is 0.466 e. The monoisotopic (exact) mass is 230 g/mol. The number of esters is 2. The van der Waals surface area contributed by atoms with Crippen molar-refractivity contribution in [3.05, 3.63) is 0 Å². The van der Waals surface area contributed by atoms with Gasteiger partial charge in [0, 0.05) is 0 Å². The zero-order valence-corrected chi connectivity index (χ0v) is 9.64. The standard InChI is InChI=1S/C11H18O5/c1-3-15-10(13)8-5-7(12)6-9(8)11(14)16-4-2/h7-9,12H,3-6H2,1-2H3. The van der Waals surface area contributed by atoms with E-state index in [1.807, 2.05) is 0 Å². The number of hydrogen-bond acceptors (Lipinski definition) is 5. The van der Waals surface area contributed by atoms with Crippen LogP contribution >= 0.6 is 0 Å². The van der Waals surface area contributed by atoms with E-state index < -0.39 is 29.9 Å². The molecule has 1 aliphatic carbocycles. The summed E-state index contributed by atoms with van der Waals surface area (Å²) in [6.07, 6.45) is -0.0613. The molecular weight excluding hydrogens is 212 g/mol. The van der Waals surface area contributed by atoms with Crippen molar-refractivity contribution in [3.63, 3.8) is 0 Å². The van der Waals surface area contributed by atoms with E-state index in [2.05, 4.69) is 0 Å².